The summed E-state index contributed by atoms with van der Waals surface area (Å²) in [7, 11) is 0. The Kier molecular flexibility index (Phi) is 4.09. The molecule has 0 aromatic carbocycles. The van der Waals surface area contributed by atoms with E-state index in [0.29, 0.717) is 11.0 Å². The molecule has 2 rings (SSSR count). The van der Waals surface area contributed by atoms with Crippen LogP contribution in [0.2, 0.25) is 0 Å². The average molecular weight is 257 g/mol. The van der Waals surface area contributed by atoms with E-state index in [1.54, 1.807) is 0 Å². The van der Waals surface area contributed by atoms with Crippen LogP contribution in [0.3, 0.4) is 0 Å². The van der Waals surface area contributed by atoms with Gasteiger partial charge in [0.05, 0.1) is 5.56 Å². The minimum Gasteiger partial charge on any atom is -0.368 e. The van der Waals surface area contributed by atoms with Gasteiger partial charge in [0.2, 0.25) is 0 Å². The van der Waals surface area contributed by atoms with Gasteiger partial charge in [0, 0.05) is 12.2 Å². The van der Waals surface area contributed by atoms with Crippen LogP contribution >= 0.6 is 0 Å². The molecule has 0 bridgehead atoms. The van der Waals surface area contributed by atoms with Gasteiger partial charge in [0.25, 0.3) is 0 Å². The number of rotatable bonds is 4. The minimum absolute atomic E-state index is 0.409. The fraction of sp³-hybridized carbons (Fsp3) is 0.625. The fourth-order valence-corrected chi connectivity index (χ4v) is 3.16. The van der Waals surface area contributed by atoms with Crippen molar-refractivity contribution < 1.29 is 0 Å². The number of nitriles is 1. The lowest BCUT2D eigenvalue weighted by Gasteiger charge is -2.28. The minimum atomic E-state index is 0.409. The number of aryl methyl sites for hydroxylation is 2. The molecule has 1 aliphatic rings. The van der Waals surface area contributed by atoms with Crippen LogP contribution in [-0.4, -0.2) is 11.5 Å². The maximum atomic E-state index is 9.27. The summed E-state index contributed by atoms with van der Waals surface area (Å²) in [6.45, 7) is 7.16. The molecule has 0 unspecified atom stereocenters. The predicted octanol–water partition coefficient (Wildman–Crippen LogP) is 3.95. The Hall–Kier alpha value is -1.56. The Bertz CT molecular complexity index is 493. The Morgan fingerprint density at radius 2 is 2.05 bits per heavy atom. The second-order valence-electron chi connectivity index (χ2n) is 5.83. The lowest BCUT2D eigenvalue weighted by molar-refractivity contribution is 0.306. The van der Waals surface area contributed by atoms with E-state index in [4.69, 9.17) is 0 Å². The van der Waals surface area contributed by atoms with E-state index in [0.717, 1.165) is 23.6 Å². The molecule has 0 aliphatic heterocycles. The molecule has 19 heavy (non-hydrogen) atoms. The molecule has 102 valence electrons. The highest BCUT2D eigenvalue weighted by atomic mass is 15.0. The van der Waals surface area contributed by atoms with Crippen LogP contribution in [-0.2, 0) is 0 Å². The zero-order chi connectivity index (χ0) is 13.9. The summed E-state index contributed by atoms with van der Waals surface area (Å²) in [5.74, 6) is 0.764. The van der Waals surface area contributed by atoms with E-state index < -0.39 is 0 Å². The topological polar surface area (TPSA) is 48.7 Å². The first-order chi connectivity index (χ1) is 9.10. The highest BCUT2D eigenvalue weighted by Crippen LogP contribution is 2.41. The maximum Gasteiger partial charge on any atom is 0.144 e. The summed E-state index contributed by atoms with van der Waals surface area (Å²) in [6.07, 6.45) is 6.46. The number of pyridine rings is 1. The van der Waals surface area contributed by atoms with Crippen LogP contribution in [0.4, 0.5) is 5.82 Å². The van der Waals surface area contributed by atoms with Crippen molar-refractivity contribution in [2.45, 2.75) is 52.9 Å². The van der Waals surface area contributed by atoms with Gasteiger partial charge in [-0.2, -0.15) is 5.26 Å². The fourth-order valence-electron chi connectivity index (χ4n) is 3.16. The molecule has 3 heteroatoms. The lowest BCUT2D eigenvalue weighted by atomic mass is 9.83. The zero-order valence-corrected chi connectivity index (χ0v) is 12.2. The second kappa shape index (κ2) is 5.61. The van der Waals surface area contributed by atoms with Gasteiger partial charge in [-0.05, 0) is 50.2 Å². The predicted molar refractivity (Wildman–Crippen MR) is 78.1 cm³/mol. The zero-order valence-electron chi connectivity index (χ0n) is 12.2. The summed E-state index contributed by atoms with van der Waals surface area (Å²) < 4.78 is 0. The molecule has 1 aromatic heterocycles. The SMILES string of the molecule is CCC1(CNc2nc(C)cc(C)c2C#N)CCCC1. The Balaban J connectivity index is 2.17. The number of aromatic nitrogens is 1. The first-order valence-corrected chi connectivity index (χ1v) is 7.22. The summed E-state index contributed by atoms with van der Waals surface area (Å²) in [4.78, 5) is 4.50. The Morgan fingerprint density at radius 1 is 1.37 bits per heavy atom. The average Bonchev–Trinajstić information content (AvgIpc) is 2.85. The van der Waals surface area contributed by atoms with Crippen molar-refractivity contribution in [1.82, 2.24) is 4.98 Å². The highest BCUT2D eigenvalue weighted by molar-refractivity contribution is 5.56. The van der Waals surface area contributed by atoms with Gasteiger partial charge in [-0.25, -0.2) is 4.98 Å². The number of nitrogens with one attached hydrogen (secondary N) is 1. The summed E-state index contributed by atoms with van der Waals surface area (Å²) >= 11 is 0. The van der Waals surface area contributed by atoms with Crippen LogP contribution in [0.1, 0.15) is 55.8 Å². The lowest BCUT2D eigenvalue weighted by Crippen LogP contribution is -2.26. The molecule has 0 saturated heterocycles. The van der Waals surface area contributed by atoms with Gasteiger partial charge in [-0.3, -0.25) is 0 Å². The van der Waals surface area contributed by atoms with Crippen molar-refractivity contribution in [1.29, 1.82) is 5.26 Å². The molecule has 3 nitrogen and oxygen atoms in total. The highest BCUT2D eigenvalue weighted by Gasteiger charge is 2.31. The third-order valence-corrected chi connectivity index (χ3v) is 4.50. The number of nitrogens with zero attached hydrogens (tertiary/aromatic N) is 2. The summed E-state index contributed by atoms with van der Waals surface area (Å²) in [6, 6.07) is 4.24. The van der Waals surface area contributed by atoms with Crippen LogP contribution in [0.5, 0.6) is 0 Å². The van der Waals surface area contributed by atoms with Crippen LogP contribution in [0.15, 0.2) is 6.07 Å². The molecule has 1 N–H and O–H groups in total. The molecule has 1 heterocycles. The molecule has 0 spiro atoms. The van der Waals surface area contributed by atoms with Crippen molar-refractivity contribution >= 4 is 5.82 Å². The first-order valence-electron chi connectivity index (χ1n) is 7.22. The molecule has 1 fully saturated rings. The smallest absolute Gasteiger partial charge is 0.144 e. The van der Waals surface area contributed by atoms with Crippen LogP contribution < -0.4 is 5.32 Å². The Labute approximate surface area is 116 Å². The molecule has 0 amide bonds. The number of anilines is 1. The summed E-state index contributed by atoms with van der Waals surface area (Å²) in [5.41, 5.74) is 3.08. The van der Waals surface area contributed by atoms with Gasteiger partial charge in [-0.1, -0.05) is 19.8 Å². The third-order valence-electron chi connectivity index (χ3n) is 4.50. The van der Waals surface area contributed by atoms with Crippen molar-refractivity contribution in [2.75, 3.05) is 11.9 Å². The molecule has 1 aromatic rings. The number of hydrogen-bond acceptors (Lipinski definition) is 3. The van der Waals surface area contributed by atoms with E-state index in [2.05, 4.69) is 23.3 Å². The standard InChI is InChI=1S/C16H23N3/c1-4-16(7-5-6-8-16)11-18-15-14(10-17)12(2)9-13(3)19-15/h9H,4-8,11H2,1-3H3,(H,18,19). The van der Waals surface area contributed by atoms with Crippen LogP contribution in [0.25, 0.3) is 0 Å². The van der Waals surface area contributed by atoms with E-state index in [9.17, 15) is 5.26 Å². The van der Waals surface area contributed by atoms with E-state index in [1.165, 1.54) is 32.1 Å². The first kappa shape index (κ1) is 13.9. The molecular weight excluding hydrogens is 234 g/mol. The molecule has 0 radical (unpaired) electrons. The third kappa shape index (κ3) is 2.89. The largest absolute Gasteiger partial charge is 0.368 e. The second-order valence-corrected chi connectivity index (χ2v) is 5.83. The maximum absolute atomic E-state index is 9.27. The van der Waals surface area contributed by atoms with Crippen molar-refractivity contribution in [3.8, 4) is 6.07 Å². The molecule has 1 saturated carbocycles. The molecule has 0 atom stereocenters. The van der Waals surface area contributed by atoms with Gasteiger partial charge in [0.1, 0.15) is 11.9 Å². The molecular formula is C16H23N3. The monoisotopic (exact) mass is 257 g/mol. The van der Waals surface area contributed by atoms with E-state index >= 15 is 0 Å². The van der Waals surface area contributed by atoms with Crippen molar-refractivity contribution in [3.05, 3.63) is 22.9 Å². The quantitative estimate of drug-likeness (QED) is 0.888. The van der Waals surface area contributed by atoms with E-state index in [-0.39, 0.29) is 0 Å². The van der Waals surface area contributed by atoms with Crippen LogP contribution in [0, 0.1) is 30.6 Å². The van der Waals surface area contributed by atoms with Gasteiger partial charge >= 0.3 is 0 Å². The van der Waals surface area contributed by atoms with Gasteiger partial charge in [0.15, 0.2) is 0 Å². The molecule has 1 aliphatic carbocycles. The summed E-state index contributed by atoms with van der Waals surface area (Å²) in [5, 5.41) is 12.7. The van der Waals surface area contributed by atoms with E-state index in [1.807, 2.05) is 19.9 Å². The normalized spacial score (nSPS) is 17.2. The van der Waals surface area contributed by atoms with Gasteiger partial charge in [-0.15, -0.1) is 0 Å². The van der Waals surface area contributed by atoms with Crippen molar-refractivity contribution in [3.63, 3.8) is 0 Å². The van der Waals surface area contributed by atoms with Crippen molar-refractivity contribution in [2.24, 2.45) is 5.41 Å². The Morgan fingerprint density at radius 3 is 2.63 bits per heavy atom. The number of hydrogen-bond donors (Lipinski definition) is 1. The van der Waals surface area contributed by atoms with Gasteiger partial charge < -0.3 is 5.32 Å².